The van der Waals surface area contributed by atoms with E-state index in [2.05, 4.69) is 12.1 Å². The first kappa shape index (κ1) is 20.6. The van der Waals surface area contributed by atoms with Gasteiger partial charge in [-0.25, -0.2) is 4.39 Å². The topological polar surface area (TPSA) is 17.1 Å². The van der Waals surface area contributed by atoms with E-state index in [1.165, 1.54) is 5.56 Å². The number of ketones is 1. The molecule has 1 aliphatic carbocycles. The lowest BCUT2D eigenvalue weighted by Crippen LogP contribution is -2.20. The predicted octanol–water partition coefficient (Wildman–Crippen LogP) is 6.86. The van der Waals surface area contributed by atoms with Gasteiger partial charge in [-0.15, -0.1) is 0 Å². The number of carbonyl (C=O) groups is 1. The summed E-state index contributed by atoms with van der Waals surface area (Å²) in [4.78, 5) is 12.5. The van der Waals surface area contributed by atoms with E-state index in [4.69, 9.17) is 0 Å². The van der Waals surface area contributed by atoms with Crippen LogP contribution in [0.2, 0.25) is 0 Å². The molecule has 5 heteroatoms. The largest absolute Gasteiger partial charge is 0.417 e. The average Bonchev–Trinajstić information content (AvgIpc) is 2.67. The third-order valence-electron chi connectivity index (χ3n) is 5.71. The van der Waals surface area contributed by atoms with Gasteiger partial charge in [0.15, 0.2) is 5.78 Å². The van der Waals surface area contributed by atoms with Gasteiger partial charge in [0, 0.05) is 12.0 Å². The lowest BCUT2D eigenvalue weighted by Gasteiger charge is -2.28. The Balaban J connectivity index is 1.53. The monoisotopic (exact) mass is 392 g/mol. The van der Waals surface area contributed by atoms with Gasteiger partial charge < -0.3 is 0 Å². The summed E-state index contributed by atoms with van der Waals surface area (Å²) in [5.74, 6) is -0.767. The number of rotatable bonds is 6. The summed E-state index contributed by atoms with van der Waals surface area (Å²) in [6, 6.07) is 12.4. The third-order valence-corrected chi connectivity index (χ3v) is 5.71. The van der Waals surface area contributed by atoms with Crippen LogP contribution in [-0.4, -0.2) is 5.78 Å². The molecular weight excluding hydrogens is 368 g/mol. The smallest absolute Gasteiger partial charge is 0.294 e. The minimum Gasteiger partial charge on any atom is -0.294 e. The lowest BCUT2D eigenvalue weighted by molar-refractivity contribution is -0.138. The zero-order valence-corrected chi connectivity index (χ0v) is 15.6. The summed E-state index contributed by atoms with van der Waals surface area (Å²) in [5, 5.41) is 0. The maximum Gasteiger partial charge on any atom is 0.417 e. The van der Waals surface area contributed by atoms with Crippen molar-refractivity contribution in [1.29, 1.82) is 0 Å². The van der Waals surface area contributed by atoms with Crippen LogP contribution in [0.1, 0.15) is 60.0 Å². The molecular formula is C23H24F4O. The number of benzene rings is 2. The highest BCUT2D eigenvalue weighted by Gasteiger charge is 2.36. The normalized spacial score (nSPS) is 20.1. The number of hydrogen-bond donors (Lipinski definition) is 0. The minimum absolute atomic E-state index is 0.0535. The van der Waals surface area contributed by atoms with Crippen molar-refractivity contribution in [3.8, 4) is 0 Å². The molecule has 0 radical (unpaired) electrons. The van der Waals surface area contributed by atoms with Crippen molar-refractivity contribution in [3.05, 3.63) is 71.0 Å². The van der Waals surface area contributed by atoms with Crippen LogP contribution in [0.4, 0.5) is 17.6 Å². The Bertz CT molecular complexity index is 790. The molecule has 150 valence electrons. The lowest BCUT2D eigenvalue weighted by atomic mass is 9.77. The van der Waals surface area contributed by atoms with Crippen molar-refractivity contribution in [1.82, 2.24) is 0 Å². The van der Waals surface area contributed by atoms with Crippen LogP contribution in [0, 0.1) is 17.7 Å². The molecule has 3 rings (SSSR count). The molecule has 0 saturated heterocycles. The summed E-state index contributed by atoms with van der Waals surface area (Å²) >= 11 is 0. The molecule has 0 amide bonds. The van der Waals surface area contributed by atoms with E-state index in [0.29, 0.717) is 12.0 Å². The van der Waals surface area contributed by atoms with Crippen molar-refractivity contribution in [3.63, 3.8) is 0 Å². The fourth-order valence-corrected chi connectivity index (χ4v) is 4.11. The van der Waals surface area contributed by atoms with Gasteiger partial charge in [0.25, 0.3) is 0 Å². The Morgan fingerprint density at radius 1 is 0.929 bits per heavy atom. The van der Waals surface area contributed by atoms with Gasteiger partial charge in [-0.1, -0.05) is 43.2 Å². The van der Waals surface area contributed by atoms with Gasteiger partial charge in [0.05, 0.1) is 5.56 Å². The minimum atomic E-state index is -4.66. The highest BCUT2D eigenvalue weighted by atomic mass is 19.4. The second-order valence-corrected chi connectivity index (χ2v) is 7.73. The summed E-state index contributed by atoms with van der Waals surface area (Å²) < 4.78 is 52.8. The van der Waals surface area contributed by atoms with E-state index in [1.54, 1.807) is 0 Å². The summed E-state index contributed by atoms with van der Waals surface area (Å²) in [6.45, 7) is 0. The van der Waals surface area contributed by atoms with Crippen molar-refractivity contribution >= 4 is 5.78 Å². The number of alkyl halides is 3. The van der Waals surface area contributed by atoms with E-state index in [0.717, 1.165) is 50.7 Å². The number of Topliss-reactive ketones (excluding diaryl/α,β-unsaturated/α-hetero) is 1. The molecule has 2 aromatic carbocycles. The maximum atomic E-state index is 13.4. The zero-order valence-electron chi connectivity index (χ0n) is 15.6. The van der Waals surface area contributed by atoms with Crippen molar-refractivity contribution in [2.45, 2.75) is 51.1 Å². The highest BCUT2D eigenvalue weighted by Crippen LogP contribution is 2.36. The Kier molecular flexibility index (Phi) is 6.53. The van der Waals surface area contributed by atoms with Gasteiger partial charge in [-0.2, -0.15) is 13.2 Å². The Labute approximate surface area is 162 Å². The maximum absolute atomic E-state index is 13.4. The second kappa shape index (κ2) is 8.89. The molecule has 0 atom stereocenters. The SMILES string of the molecule is O=C(CC1CCC(CCc2ccccc2)CC1)c1cc(F)ccc1C(F)(F)F. The fourth-order valence-electron chi connectivity index (χ4n) is 4.11. The molecule has 0 unspecified atom stereocenters. The molecule has 28 heavy (non-hydrogen) atoms. The second-order valence-electron chi connectivity index (χ2n) is 7.73. The molecule has 1 aliphatic rings. The van der Waals surface area contributed by atoms with Gasteiger partial charge in [-0.3, -0.25) is 4.79 Å². The van der Waals surface area contributed by atoms with Crippen LogP contribution in [-0.2, 0) is 12.6 Å². The molecule has 1 nitrogen and oxygen atoms in total. The van der Waals surface area contributed by atoms with Crippen LogP contribution in [0.5, 0.6) is 0 Å². The fraction of sp³-hybridized carbons (Fsp3) is 0.435. The van der Waals surface area contributed by atoms with Gasteiger partial charge in [0.1, 0.15) is 5.82 Å². The molecule has 0 bridgehead atoms. The molecule has 0 N–H and O–H groups in total. The van der Waals surface area contributed by atoms with Crippen LogP contribution in [0.3, 0.4) is 0 Å². The first-order chi connectivity index (χ1) is 13.3. The summed E-state index contributed by atoms with van der Waals surface area (Å²) in [6.07, 6.45) is 1.15. The summed E-state index contributed by atoms with van der Waals surface area (Å²) in [5.41, 5.74) is -0.278. The Morgan fingerprint density at radius 2 is 1.57 bits per heavy atom. The van der Waals surface area contributed by atoms with E-state index < -0.39 is 28.9 Å². The number of halogens is 4. The molecule has 0 heterocycles. The molecule has 1 saturated carbocycles. The van der Waals surface area contributed by atoms with E-state index in [-0.39, 0.29) is 12.3 Å². The van der Waals surface area contributed by atoms with Crippen LogP contribution < -0.4 is 0 Å². The van der Waals surface area contributed by atoms with Crippen LogP contribution >= 0.6 is 0 Å². The van der Waals surface area contributed by atoms with Crippen LogP contribution in [0.25, 0.3) is 0 Å². The van der Waals surface area contributed by atoms with E-state index in [9.17, 15) is 22.4 Å². The predicted molar refractivity (Wildman–Crippen MR) is 101 cm³/mol. The quantitative estimate of drug-likeness (QED) is 0.388. The molecule has 0 spiro atoms. The first-order valence-corrected chi connectivity index (χ1v) is 9.77. The van der Waals surface area contributed by atoms with Gasteiger partial charge >= 0.3 is 6.18 Å². The molecule has 0 aromatic heterocycles. The highest BCUT2D eigenvalue weighted by molar-refractivity contribution is 5.97. The zero-order chi connectivity index (χ0) is 20.1. The standard InChI is InChI=1S/C23H24F4O/c24-19-12-13-21(23(25,26)27)20(15-19)22(28)14-18-10-8-17(9-11-18)7-6-16-4-2-1-3-5-16/h1-5,12-13,15,17-18H,6-11,14H2. The number of aryl methyl sites for hydroxylation is 1. The molecule has 2 aromatic rings. The number of hydrogen-bond acceptors (Lipinski definition) is 1. The van der Waals surface area contributed by atoms with E-state index in [1.807, 2.05) is 18.2 Å². The first-order valence-electron chi connectivity index (χ1n) is 9.77. The number of carbonyl (C=O) groups excluding carboxylic acids is 1. The third kappa shape index (κ3) is 5.43. The van der Waals surface area contributed by atoms with Crippen molar-refractivity contribution in [2.75, 3.05) is 0 Å². The van der Waals surface area contributed by atoms with Gasteiger partial charge in [-0.05, 0) is 61.3 Å². The molecule has 1 fully saturated rings. The van der Waals surface area contributed by atoms with Crippen molar-refractivity contribution < 1.29 is 22.4 Å². The molecule has 0 aliphatic heterocycles. The van der Waals surface area contributed by atoms with Crippen molar-refractivity contribution in [2.24, 2.45) is 11.8 Å². The van der Waals surface area contributed by atoms with E-state index >= 15 is 0 Å². The Hall–Kier alpha value is -2.17. The Morgan fingerprint density at radius 3 is 2.21 bits per heavy atom. The van der Waals surface area contributed by atoms with Crippen LogP contribution in [0.15, 0.2) is 48.5 Å². The van der Waals surface area contributed by atoms with Gasteiger partial charge in [0.2, 0.25) is 0 Å². The average molecular weight is 392 g/mol. The summed E-state index contributed by atoms with van der Waals surface area (Å²) in [7, 11) is 0.